The number of hydrogen-bond acceptors (Lipinski definition) is 2. The molecule has 1 aliphatic rings. The molecule has 0 spiro atoms. The Balaban J connectivity index is 2.03. The van der Waals surface area contributed by atoms with Crippen molar-refractivity contribution < 1.29 is 0 Å². The van der Waals surface area contributed by atoms with Crippen molar-refractivity contribution in [2.45, 2.75) is 17.5 Å². The van der Waals surface area contributed by atoms with Crippen LogP contribution in [0.4, 0.5) is 0 Å². The Hall–Kier alpha value is -0.280. The van der Waals surface area contributed by atoms with E-state index in [0.29, 0.717) is 0 Å². The van der Waals surface area contributed by atoms with Crippen LogP contribution in [0.25, 0.3) is 0 Å². The van der Waals surface area contributed by atoms with Crippen LogP contribution in [0.1, 0.15) is 5.56 Å². The van der Waals surface area contributed by atoms with Crippen LogP contribution in [0.3, 0.4) is 0 Å². The second-order valence-electron chi connectivity index (χ2n) is 3.69. The molecule has 15 heavy (non-hydrogen) atoms. The number of nitrogens with zero attached hydrogens (tertiary/aromatic N) is 1. The van der Waals surface area contributed by atoms with Crippen molar-refractivity contribution >= 4 is 23.2 Å². The Bertz CT molecular complexity index is 295. The average Bonchev–Trinajstić information content (AvgIpc) is 2.25. The van der Waals surface area contributed by atoms with Gasteiger partial charge in [-0.15, -0.1) is 23.2 Å². The number of nitrogens with one attached hydrogen (secondary N) is 1. The molecule has 4 heteroatoms. The van der Waals surface area contributed by atoms with E-state index in [-0.39, 0.29) is 11.0 Å². The van der Waals surface area contributed by atoms with Gasteiger partial charge in [0, 0.05) is 19.6 Å². The zero-order valence-electron chi connectivity index (χ0n) is 8.37. The third kappa shape index (κ3) is 2.85. The average molecular weight is 245 g/mol. The largest absolute Gasteiger partial charge is 0.311 e. The van der Waals surface area contributed by atoms with Crippen molar-refractivity contribution in [2.75, 3.05) is 13.1 Å². The van der Waals surface area contributed by atoms with Gasteiger partial charge in [-0.3, -0.25) is 4.90 Å². The van der Waals surface area contributed by atoms with Gasteiger partial charge in [0.1, 0.15) is 0 Å². The normalized spacial score (nSPS) is 27.9. The molecule has 1 aliphatic heterocycles. The Morgan fingerprint density at radius 2 is 1.73 bits per heavy atom. The zero-order chi connectivity index (χ0) is 10.7. The lowest BCUT2D eigenvalue weighted by Crippen LogP contribution is -2.52. The van der Waals surface area contributed by atoms with Gasteiger partial charge in [-0.1, -0.05) is 30.3 Å². The maximum absolute atomic E-state index is 6.21. The molecule has 0 aromatic heterocycles. The van der Waals surface area contributed by atoms with Crippen LogP contribution in [0, 0.1) is 0 Å². The summed E-state index contributed by atoms with van der Waals surface area (Å²) >= 11 is 12.4. The van der Waals surface area contributed by atoms with E-state index >= 15 is 0 Å². The van der Waals surface area contributed by atoms with E-state index in [1.54, 1.807) is 0 Å². The van der Waals surface area contributed by atoms with E-state index in [0.717, 1.165) is 19.6 Å². The van der Waals surface area contributed by atoms with Crippen LogP contribution in [0.15, 0.2) is 30.3 Å². The summed E-state index contributed by atoms with van der Waals surface area (Å²) in [6, 6.07) is 10.3. The summed E-state index contributed by atoms with van der Waals surface area (Å²) in [7, 11) is 0. The molecule has 1 fully saturated rings. The van der Waals surface area contributed by atoms with Gasteiger partial charge < -0.3 is 5.32 Å². The lowest BCUT2D eigenvalue weighted by molar-refractivity contribution is 0.180. The van der Waals surface area contributed by atoms with Crippen LogP contribution in [0.5, 0.6) is 0 Å². The molecule has 0 saturated carbocycles. The molecule has 0 bridgehead atoms. The highest BCUT2D eigenvalue weighted by molar-refractivity contribution is 6.23. The Kier molecular flexibility index (Phi) is 3.87. The lowest BCUT2D eigenvalue weighted by Gasteiger charge is -2.36. The van der Waals surface area contributed by atoms with Crippen LogP contribution in [-0.4, -0.2) is 29.0 Å². The van der Waals surface area contributed by atoms with E-state index in [2.05, 4.69) is 22.3 Å². The summed E-state index contributed by atoms with van der Waals surface area (Å²) < 4.78 is 0. The summed E-state index contributed by atoms with van der Waals surface area (Å²) in [5.74, 6) is 0. The minimum absolute atomic E-state index is 0.0264. The molecule has 0 radical (unpaired) electrons. The molecular formula is C11H14Cl2N2. The third-order valence-corrected chi connectivity index (χ3v) is 3.36. The van der Waals surface area contributed by atoms with Gasteiger partial charge in [0.2, 0.25) is 0 Å². The lowest BCUT2D eigenvalue weighted by atomic mass is 10.2. The minimum atomic E-state index is -0.0264. The highest BCUT2D eigenvalue weighted by atomic mass is 35.5. The van der Waals surface area contributed by atoms with Crippen molar-refractivity contribution in [3.05, 3.63) is 35.9 Å². The fourth-order valence-electron chi connectivity index (χ4n) is 1.72. The van der Waals surface area contributed by atoms with Crippen LogP contribution >= 0.6 is 23.2 Å². The third-order valence-electron chi connectivity index (χ3n) is 2.55. The summed E-state index contributed by atoms with van der Waals surface area (Å²) in [5.41, 5.74) is 1.19. The van der Waals surface area contributed by atoms with Crippen LogP contribution in [-0.2, 0) is 6.54 Å². The highest BCUT2D eigenvalue weighted by Gasteiger charge is 2.27. The molecule has 82 valence electrons. The Morgan fingerprint density at radius 1 is 1.13 bits per heavy atom. The van der Waals surface area contributed by atoms with E-state index in [1.807, 2.05) is 18.2 Å². The number of piperazine rings is 1. The fraction of sp³-hybridized carbons (Fsp3) is 0.455. The number of hydrogen-bond donors (Lipinski definition) is 1. The molecule has 2 rings (SSSR count). The van der Waals surface area contributed by atoms with E-state index in [1.165, 1.54) is 5.56 Å². The van der Waals surface area contributed by atoms with Crippen molar-refractivity contribution in [1.82, 2.24) is 10.2 Å². The number of benzene rings is 1. The molecule has 1 aromatic carbocycles. The van der Waals surface area contributed by atoms with Crippen LogP contribution in [0.2, 0.25) is 0 Å². The molecule has 1 heterocycles. The maximum Gasteiger partial charge on any atom is 0.0991 e. The predicted octanol–water partition coefficient (Wildman–Crippen LogP) is 2.22. The smallest absolute Gasteiger partial charge is 0.0991 e. The van der Waals surface area contributed by atoms with Gasteiger partial charge in [0.15, 0.2) is 0 Å². The first-order valence-electron chi connectivity index (χ1n) is 5.06. The molecule has 2 atom stereocenters. The Labute approximate surface area is 100 Å². The van der Waals surface area contributed by atoms with E-state index in [4.69, 9.17) is 23.2 Å². The molecular weight excluding hydrogens is 231 g/mol. The van der Waals surface area contributed by atoms with Gasteiger partial charge in [0.05, 0.1) is 11.0 Å². The second-order valence-corrected chi connectivity index (χ2v) is 4.69. The fourth-order valence-corrected chi connectivity index (χ4v) is 2.41. The van der Waals surface area contributed by atoms with E-state index < -0.39 is 0 Å². The van der Waals surface area contributed by atoms with Gasteiger partial charge in [-0.2, -0.15) is 0 Å². The summed E-state index contributed by atoms with van der Waals surface area (Å²) in [6.45, 7) is 2.39. The molecule has 0 aliphatic carbocycles. The molecule has 1 saturated heterocycles. The second kappa shape index (κ2) is 5.17. The minimum Gasteiger partial charge on any atom is -0.311 e. The highest BCUT2D eigenvalue weighted by Crippen LogP contribution is 2.19. The molecule has 0 amide bonds. The summed E-state index contributed by atoms with van der Waals surface area (Å²) in [5, 5.41) is 3.19. The van der Waals surface area contributed by atoms with Crippen molar-refractivity contribution in [3.8, 4) is 0 Å². The van der Waals surface area contributed by atoms with Gasteiger partial charge in [0.25, 0.3) is 0 Å². The van der Waals surface area contributed by atoms with Gasteiger partial charge in [-0.05, 0) is 5.56 Å². The van der Waals surface area contributed by atoms with Crippen molar-refractivity contribution in [2.24, 2.45) is 0 Å². The molecule has 1 N–H and O–H groups in total. The monoisotopic (exact) mass is 244 g/mol. The van der Waals surface area contributed by atoms with Gasteiger partial charge >= 0.3 is 0 Å². The topological polar surface area (TPSA) is 15.3 Å². The SMILES string of the molecule is ClC1CNCC(Cl)N1Cc1ccccc1. The summed E-state index contributed by atoms with van der Waals surface area (Å²) in [4.78, 5) is 2.11. The first-order chi connectivity index (χ1) is 7.27. The molecule has 2 nitrogen and oxygen atoms in total. The molecule has 1 aromatic rings. The first-order valence-corrected chi connectivity index (χ1v) is 5.93. The predicted molar refractivity (Wildman–Crippen MR) is 64.1 cm³/mol. The Morgan fingerprint density at radius 3 is 2.33 bits per heavy atom. The first kappa shape index (κ1) is 11.2. The summed E-state index contributed by atoms with van der Waals surface area (Å²) in [6.07, 6.45) is 0. The zero-order valence-corrected chi connectivity index (χ0v) is 9.88. The maximum atomic E-state index is 6.21. The standard InChI is InChI=1S/C11H14Cl2N2/c12-10-6-14-7-11(13)15(10)8-9-4-2-1-3-5-9/h1-5,10-11,14H,6-8H2. The van der Waals surface area contributed by atoms with Crippen molar-refractivity contribution in [1.29, 1.82) is 0 Å². The number of alkyl halides is 2. The molecule has 2 unspecified atom stereocenters. The number of rotatable bonds is 2. The quantitative estimate of drug-likeness (QED) is 0.634. The van der Waals surface area contributed by atoms with Gasteiger partial charge in [-0.25, -0.2) is 0 Å². The van der Waals surface area contributed by atoms with E-state index in [9.17, 15) is 0 Å². The number of halogens is 2. The van der Waals surface area contributed by atoms with Crippen molar-refractivity contribution in [3.63, 3.8) is 0 Å². The van der Waals surface area contributed by atoms with Crippen LogP contribution < -0.4 is 5.32 Å².